The molecule has 0 aliphatic carbocycles. The van der Waals surface area contributed by atoms with Gasteiger partial charge in [-0.15, -0.1) is 0 Å². The predicted octanol–water partition coefficient (Wildman–Crippen LogP) is 4.39. The Morgan fingerprint density at radius 3 is 3.04 bits per heavy atom. The average Bonchev–Trinajstić information content (AvgIpc) is 2.59. The SMILES string of the molecule is O=C(CCCOc1cccc(F)c1)NC1CCOc2ccc(Br)cc21. The molecule has 0 saturated carbocycles. The van der Waals surface area contributed by atoms with E-state index in [2.05, 4.69) is 21.2 Å². The molecular formula is C19H19BrFNO3. The standard InChI is InChI=1S/C19H19BrFNO3/c20-13-6-7-18-16(11-13)17(8-10-25-18)22-19(23)5-2-9-24-15-4-1-3-14(21)12-15/h1,3-4,6-7,11-12,17H,2,5,8-10H2,(H,22,23). The predicted molar refractivity (Wildman–Crippen MR) is 96.3 cm³/mol. The molecule has 4 nitrogen and oxygen atoms in total. The first kappa shape index (κ1) is 17.7. The van der Waals surface area contributed by atoms with Crippen LogP contribution in [0.1, 0.15) is 30.9 Å². The molecule has 2 aromatic rings. The average molecular weight is 408 g/mol. The van der Waals surface area contributed by atoms with Crippen LogP contribution >= 0.6 is 15.9 Å². The van der Waals surface area contributed by atoms with Crippen LogP contribution in [0.3, 0.4) is 0 Å². The minimum atomic E-state index is -0.334. The van der Waals surface area contributed by atoms with Gasteiger partial charge in [-0.25, -0.2) is 4.39 Å². The highest BCUT2D eigenvalue weighted by molar-refractivity contribution is 9.10. The Hall–Kier alpha value is -2.08. The molecule has 0 radical (unpaired) electrons. The van der Waals surface area contributed by atoms with Crippen LogP contribution in [0, 0.1) is 5.82 Å². The highest BCUT2D eigenvalue weighted by atomic mass is 79.9. The Morgan fingerprint density at radius 1 is 1.32 bits per heavy atom. The third-order valence-corrected chi connectivity index (χ3v) is 4.45. The van der Waals surface area contributed by atoms with Crippen molar-refractivity contribution in [1.82, 2.24) is 5.32 Å². The van der Waals surface area contributed by atoms with Crippen LogP contribution in [0.25, 0.3) is 0 Å². The molecule has 0 bridgehead atoms. The Bertz CT molecular complexity index is 753. The van der Waals surface area contributed by atoms with Gasteiger partial charge in [-0.1, -0.05) is 22.0 Å². The molecule has 25 heavy (non-hydrogen) atoms. The molecule has 1 unspecified atom stereocenters. The Balaban J connectivity index is 1.46. The van der Waals surface area contributed by atoms with E-state index in [0.717, 1.165) is 22.2 Å². The van der Waals surface area contributed by atoms with Crippen molar-refractivity contribution >= 4 is 21.8 Å². The van der Waals surface area contributed by atoms with Crippen molar-refractivity contribution in [2.45, 2.75) is 25.3 Å². The number of hydrogen-bond donors (Lipinski definition) is 1. The topological polar surface area (TPSA) is 47.6 Å². The second-order valence-corrected chi connectivity index (χ2v) is 6.76. The molecule has 1 aliphatic heterocycles. The van der Waals surface area contributed by atoms with E-state index in [9.17, 15) is 9.18 Å². The zero-order valence-electron chi connectivity index (χ0n) is 13.6. The van der Waals surface area contributed by atoms with Crippen LogP contribution in [-0.2, 0) is 4.79 Å². The van der Waals surface area contributed by atoms with Crippen molar-refractivity contribution in [2.75, 3.05) is 13.2 Å². The molecule has 1 amide bonds. The van der Waals surface area contributed by atoms with Gasteiger partial charge in [-0.2, -0.15) is 0 Å². The van der Waals surface area contributed by atoms with Crippen LogP contribution < -0.4 is 14.8 Å². The Kier molecular flexibility index (Phi) is 5.91. The molecule has 132 valence electrons. The summed E-state index contributed by atoms with van der Waals surface area (Å²) in [5, 5.41) is 3.05. The van der Waals surface area contributed by atoms with E-state index in [1.54, 1.807) is 12.1 Å². The van der Waals surface area contributed by atoms with Gasteiger partial charge in [0, 0.05) is 28.9 Å². The largest absolute Gasteiger partial charge is 0.493 e. The highest BCUT2D eigenvalue weighted by Gasteiger charge is 2.23. The van der Waals surface area contributed by atoms with Gasteiger partial charge < -0.3 is 14.8 Å². The maximum Gasteiger partial charge on any atom is 0.220 e. The first-order valence-electron chi connectivity index (χ1n) is 8.22. The van der Waals surface area contributed by atoms with E-state index in [4.69, 9.17) is 9.47 Å². The number of ether oxygens (including phenoxy) is 2. The molecule has 0 spiro atoms. The first-order chi connectivity index (χ1) is 12.1. The molecule has 3 rings (SSSR count). The van der Waals surface area contributed by atoms with E-state index in [1.807, 2.05) is 18.2 Å². The van der Waals surface area contributed by atoms with Crippen molar-refractivity contribution in [3.8, 4) is 11.5 Å². The quantitative estimate of drug-likeness (QED) is 0.722. The molecule has 0 aromatic heterocycles. The summed E-state index contributed by atoms with van der Waals surface area (Å²) in [4.78, 5) is 12.2. The van der Waals surface area contributed by atoms with Gasteiger partial charge in [-0.05, 0) is 36.8 Å². The van der Waals surface area contributed by atoms with Crippen LogP contribution in [0.2, 0.25) is 0 Å². The summed E-state index contributed by atoms with van der Waals surface area (Å²) in [6, 6.07) is 11.8. The minimum absolute atomic E-state index is 0.0272. The van der Waals surface area contributed by atoms with Crippen LogP contribution in [0.5, 0.6) is 11.5 Å². The van der Waals surface area contributed by atoms with Crippen LogP contribution in [-0.4, -0.2) is 19.1 Å². The lowest BCUT2D eigenvalue weighted by Gasteiger charge is -2.27. The second kappa shape index (κ2) is 8.34. The Morgan fingerprint density at radius 2 is 2.20 bits per heavy atom. The lowest BCUT2D eigenvalue weighted by Crippen LogP contribution is -2.32. The first-order valence-corrected chi connectivity index (χ1v) is 9.01. The third-order valence-electron chi connectivity index (χ3n) is 3.96. The summed E-state index contributed by atoms with van der Waals surface area (Å²) in [6.45, 7) is 0.953. The molecule has 2 aromatic carbocycles. The third kappa shape index (κ3) is 4.95. The summed E-state index contributed by atoms with van der Waals surface area (Å²) in [6.07, 6.45) is 1.67. The number of halogens is 2. The summed E-state index contributed by atoms with van der Waals surface area (Å²) >= 11 is 3.45. The monoisotopic (exact) mass is 407 g/mol. The zero-order chi connectivity index (χ0) is 17.6. The number of rotatable bonds is 6. The van der Waals surface area contributed by atoms with E-state index in [1.165, 1.54) is 12.1 Å². The number of nitrogens with one attached hydrogen (secondary N) is 1. The Labute approximate surface area is 154 Å². The second-order valence-electron chi connectivity index (χ2n) is 5.85. The zero-order valence-corrected chi connectivity index (χ0v) is 15.2. The highest BCUT2D eigenvalue weighted by Crippen LogP contribution is 2.34. The van der Waals surface area contributed by atoms with Crippen molar-refractivity contribution in [2.24, 2.45) is 0 Å². The van der Waals surface area contributed by atoms with E-state index >= 15 is 0 Å². The van der Waals surface area contributed by atoms with Gasteiger partial charge in [-0.3, -0.25) is 4.79 Å². The van der Waals surface area contributed by atoms with Gasteiger partial charge in [0.25, 0.3) is 0 Å². The molecule has 6 heteroatoms. The van der Waals surface area contributed by atoms with Crippen molar-refractivity contribution in [1.29, 1.82) is 0 Å². The van der Waals surface area contributed by atoms with E-state index in [-0.39, 0.29) is 17.8 Å². The maximum absolute atomic E-state index is 13.1. The molecule has 1 atom stereocenters. The molecule has 1 N–H and O–H groups in total. The van der Waals surface area contributed by atoms with Crippen molar-refractivity contribution in [3.63, 3.8) is 0 Å². The lowest BCUT2D eigenvalue weighted by atomic mass is 10.0. The molecule has 1 heterocycles. The van der Waals surface area contributed by atoms with Crippen LogP contribution in [0.15, 0.2) is 46.9 Å². The molecular weight excluding hydrogens is 389 g/mol. The lowest BCUT2D eigenvalue weighted by molar-refractivity contribution is -0.122. The van der Waals surface area contributed by atoms with Gasteiger partial charge in [0.2, 0.25) is 5.91 Å². The number of benzene rings is 2. The molecule has 0 fully saturated rings. The number of carbonyl (C=O) groups is 1. The number of fused-ring (bicyclic) bond motifs is 1. The van der Waals surface area contributed by atoms with E-state index in [0.29, 0.717) is 31.8 Å². The van der Waals surface area contributed by atoms with Crippen molar-refractivity contribution in [3.05, 3.63) is 58.3 Å². The summed E-state index contributed by atoms with van der Waals surface area (Å²) in [5.41, 5.74) is 0.991. The van der Waals surface area contributed by atoms with Crippen molar-refractivity contribution < 1.29 is 18.7 Å². The normalized spacial score (nSPS) is 15.8. The van der Waals surface area contributed by atoms with E-state index < -0.39 is 0 Å². The molecule has 1 aliphatic rings. The summed E-state index contributed by atoms with van der Waals surface area (Å²) in [7, 11) is 0. The van der Waals surface area contributed by atoms with Gasteiger partial charge in [0.05, 0.1) is 19.3 Å². The van der Waals surface area contributed by atoms with Gasteiger partial charge in [0.15, 0.2) is 0 Å². The maximum atomic E-state index is 13.1. The number of hydrogen-bond acceptors (Lipinski definition) is 3. The number of amides is 1. The fraction of sp³-hybridized carbons (Fsp3) is 0.316. The summed E-state index contributed by atoms with van der Waals surface area (Å²) in [5.74, 6) is 0.929. The van der Waals surface area contributed by atoms with Crippen LogP contribution in [0.4, 0.5) is 4.39 Å². The summed E-state index contributed by atoms with van der Waals surface area (Å²) < 4.78 is 25.1. The van der Waals surface area contributed by atoms with Gasteiger partial charge in [0.1, 0.15) is 17.3 Å². The number of carbonyl (C=O) groups excluding carboxylic acids is 1. The molecule has 0 saturated heterocycles. The fourth-order valence-electron chi connectivity index (χ4n) is 2.76. The van der Waals surface area contributed by atoms with Gasteiger partial charge >= 0.3 is 0 Å². The minimum Gasteiger partial charge on any atom is -0.493 e. The fourth-order valence-corrected chi connectivity index (χ4v) is 3.14. The smallest absolute Gasteiger partial charge is 0.220 e.